The molecule has 5 aromatic carbocycles. The first kappa shape index (κ1) is 29.9. The second-order valence-corrected chi connectivity index (χ2v) is 28.7. The summed E-state index contributed by atoms with van der Waals surface area (Å²) in [5.74, 6) is 1.32. The van der Waals surface area contributed by atoms with E-state index < -0.39 is 19.7 Å². The molecule has 0 bridgehead atoms. The van der Waals surface area contributed by atoms with Crippen molar-refractivity contribution in [1.82, 2.24) is 0 Å². The first-order valence-corrected chi connectivity index (χ1v) is 24.4. The van der Waals surface area contributed by atoms with E-state index in [0.717, 1.165) is 36.7 Å². The maximum absolute atomic E-state index is 7.63. The van der Waals surface area contributed by atoms with Crippen LogP contribution in [0.25, 0.3) is 0 Å². The molecule has 0 saturated heterocycles. The van der Waals surface area contributed by atoms with Crippen LogP contribution >= 0.6 is 95.6 Å². The summed E-state index contributed by atoms with van der Waals surface area (Å²) in [5.41, 5.74) is 0. The normalized spacial score (nSPS) is 12.4. The molecule has 0 aliphatic carbocycles. The number of rotatable bonds is 7. The van der Waals surface area contributed by atoms with Gasteiger partial charge in [0, 0.05) is 0 Å². The van der Waals surface area contributed by atoms with Crippen molar-refractivity contribution in [2.45, 2.75) is 0 Å². The predicted octanol–water partition coefficient (Wildman–Crippen LogP) is 9.84. The Hall–Kier alpha value is -0.537. The first-order chi connectivity index (χ1) is 18.7. The quantitative estimate of drug-likeness (QED) is 0.151. The van der Waals surface area contributed by atoms with E-state index in [1.165, 1.54) is 0 Å². The molecule has 0 heterocycles. The summed E-state index contributed by atoms with van der Waals surface area (Å²) < 4.78 is 23.3. The third-order valence-electron chi connectivity index (χ3n) is 6.13. The molecule has 5 rings (SSSR count). The molecule has 0 fully saturated rings. The van der Waals surface area contributed by atoms with Gasteiger partial charge in [0.05, 0.1) is 0 Å². The average Bonchev–Trinajstić information content (AvgIpc) is 2.93. The van der Waals surface area contributed by atoms with Gasteiger partial charge in [-0.05, 0) is 0 Å². The molecule has 0 aliphatic rings. The molecule has 0 aromatic heterocycles. The summed E-state index contributed by atoms with van der Waals surface area (Å²) >= 11 is 16.6. The van der Waals surface area contributed by atoms with Crippen LogP contribution in [-0.4, -0.2) is 19.7 Å². The fourth-order valence-electron chi connectivity index (χ4n) is 4.46. The van der Waals surface area contributed by atoms with Crippen molar-refractivity contribution in [2.24, 2.45) is 0 Å². The van der Waals surface area contributed by atoms with Gasteiger partial charge in [0.1, 0.15) is 0 Å². The molecule has 0 spiro atoms. The Morgan fingerprint density at radius 1 is 0.385 bits per heavy atom. The van der Waals surface area contributed by atoms with Crippen molar-refractivity contribution in [1.29, 1.82) is 0 Å². The molecule has 5 aromatic rings. The fourth-order valence-corrected chi connectivity index (χ4v) is 30.0. The van der Waals surface area contributed by atoms with Gasteiger partial charge in [0.15, 0.2) is 0 Å². The molecular weight excluding hydrogens is 1080 g/mol. The minimum absolute atomic E-state index is 0.659. The van der Waals surface area contributed by atoms with Crippen LogP contribution in [0.15, 0.2) is 142 Å². The van der Waals surface area contributed by atoms with Gasteiger partial charge in [-0.2, -0.15) is 0 Å². The Morgan fingerprint density at radius 3 is 0.897 bits per heavy atom. The van der Waals surface area contributed by atoms with Crippen molar-refractivity contribution >= 4 is 125 Å². The number of hydrogen-bond donors (Lipinski definition) is 0. The van der Waals surface area contributed by atoms with E-state index in [9.17, 15) is 0 Å². The molecule has 0 amide bonds. The Labute approximate surface area is 280 Å². The molecule has 0 saturated carbocycles. The van der Waals surface area contributed by atoms with Gasteiger partial charge < -0.3 is 0 Å². The topological polar surface area (TPSA) is 18.5 Å². The van der Waals surface area contributed by atoms with Crippen LogP contribution in [0.4, 0.5) is 0 Å². The van der Waals surface area contributed by atoms with E-state index in [2.05, 4.69) is 132 Å². The number of hydrogen-bond acceptors (Lipinski definition) is 2. The molecule has 39 heavy (non-hydrogen) atoms. The van der Waals surface area contributed by atoms with Crippen molar-refractivity contribution < 1.29 is 5.63 Å². The van der Waals surface area contributed by atoms with Crippen LogP contribution in [0.1, 0.15) is 0 Å². The predicted molar refractivity (Wildman–Crippen MR) is 184 cm³/mol. The zero-order chi connectivity index (χ0) is 27.6. The fraction of sp³-hybridized carbons (Fsp3) is 0. The van der Waals surface area contributed by atoms with Crippen LogP contribution < -0.4 is 15.4 Å². The van der Waals surface area contributed by atoms with Crippen LogP contribution in [0, 0.1) is 0 Å². The summed E-state index contributed by atoms with van der Waals surface area (Å²) in [6.07, 6.45) is 0. The van der Waals surface area contributed by atoms with E-state index in [4.69, 9.17) is 5.63 Å². The first-order valence-electron chi connectivity index (χ1n) is 11.6. The van der Waals surface area contributed by atoms with Gasteiger partial charge in [-0.1, -0.05) is 0 Å². The van der Waals surface area contributed by atoms with Crippen LogP contribution in [0.5, 0.6) is 11.5 Å². The molecule has 0 N–H and O–H groups in total. The summed E-state index contributed by atoms with van der Waals surface area (Å²) in [7, 11) is 0. The van der Waals surface area contributed by atoms with Gasteiger partial charge in [-0.25, -0.2) is 0 Å². The monoisotopic (exact) mass is 1090 g/mol. The zero-order valence-corrected chi connectivity index (χ0v) is 33.0. The van der Waals surface area contributed by atoms with E-state index in [0.29, 0.717) is 11.5 Å². The molecule has 0 unspecified atom stereocenters. The second kappa shape index (κ2) is 12.4. The molecule has 0 radical (unpaired) electrons. The molecule has 9 heteroatoms. The van der Waals surface area contributed by atoms with Crippen LogP contribution in [0.2, 0.25) is 0 Å². The molecule has 0 atom stereocenters. The van der Waals surface area contributed by atoms with Crippen molar-refractivity contribution in [2.75, 3.05) is 0 Å². The summed E-state index contributed by atoms with van der Waals surface area (Å²) in [6.45, 7) is 0. The maximum atomic E-state index is 7.63. The van der Waals surface area contributed by atoms with E-state index in [1.54, 1.807) is 0 Å². The van der Waals surface area contributed by atoms with Crippen molar-refractivity contribution in [3.05, 3.63) is 142 Å². The van der Waals surface area contributed by atoms with Gasteiger partial charge >= 0.3 is 284 Å². The Bertz CT molecular complexity index is 1420. The summed E-state index contributed by atoms with van der Waals surface area (Å²) in [5, 5.41) is 0. The van der Waals surface area contributed by atoms with Gasteiger partial charge in [-0.15, -0.1) is 0 Å². The van der Waals surface area contributed by atoms with Gasteiger partial charge in [-0.3, -0.25) is 0 Å². The number of benzene rings is 5. The summed E-state index contributed by atoms with van der Waals surface area (Å²) in [4.78, 5) is 0. The Kier molecular flexibility index (Phi) is 9.49. The van der Waals surface area contributed by atoms with Crippen LogP contribution in [-0.2, 0) is 0 Å². The van der Waals surface area contributed by atoms with E-state index in [-0.39, 0.29) is 0 Å². The van der Waals surface area contributed by atoms with E-state index in [1.807, 2.05) is 78.9 Å². The second-order valence-electron chi connectivity index (χ2n) is 8.54. The van der Waals surface area contributed by atoms with E-state index >= 15 is 0 Å². The van der Waals surface area contributed by atoms with Crippen LogP contribution in [0.3, 0.4) is 0 Å². The van der Waals surface area contributed by atoms with Crippen molar-refractivity contribution in [3.63, 3.8) is 0 Å². The standard InChI is InChI=1S/2C6H3Br3O.3C6H5.Bi/c2*7-3-1-4(8)6(10)5(9)2-3;3*1-2-4-6-5-3-1;/h2*1-2,10H;3*1-5H;/q;;;;;+2/p-2. The average molecular weight is 1100 g/mol. The van der Waals surface area contributed by atoms with Gasteiger partial charge in [0.25, 0.3) is 0 Å². The SMILES string of the molecule is Brc1cc(Br)c([O][Bi]([O]c2c(Br)cc(Br)cc2Br)([c]2ccccc2)([c]2ccccc2)[c]2ccccc2)c(Br)c1. The number of halogens is 6. The molecule has 198 valence electrons. The Balaban J connectivity index is 2.01. The molecule has 2 nitrogen and oxygen atoms in total. The minimum atomic E-state index is -5.74. The molecule has 0 aliphatic heterocycles. The van der Waals surface area contributed by atoms with Gasteiger partial charge in [0.2, 0.25) is 0 Å². The third-order valence-corrected chi connectivity index (χ3v) is 27.9. The summed E-state index contributed by atoms with van der Waals surface area (Å²) in [6, 6.07) is 38.9. The molecular formula is C30H19BiBr6O2. The Morgan fingerprint density at radius 2 is 0.641 bits per heavy atom. The zero-order valence-electron chi connectivity index (χ0n) is 20.0. The third kappa shape index (κ3) is 5.63. The van der Waals surface area contributed by atoms with Crippen molar-refractivity contribution in [3.8, 4) is 11.5 Å².